The normalized spacial score (nSPS) is 13.0. The Morgan fingerprint density at radius 3 is 2.46 bits per heavy atom. The minimum Gasteiger partial charge on any atom is -0.368 e. The number of amides is 2. The topological polar surface area (TPSA) is 160 Å². The first-order valence-electron chi connectivity index (χ1n) is 7.84. The van der Waals surface area contributed by atoms with Crippen LogP contribution in [0.5, 0.6) is 0 Å². The van der Waals surface area contributed by atoms with E-state index in [2.05, 4.69) is 33.2 Å². The van der Waals surface area contributed by atoms with Crippen molar-refractivity contribution >= 4 is 41.8 Å². The maximum absolute atomic E-state index is 11.7. The average Bonchev–Trinajstić information content (AvgIpc) is 2.43. The van der Waals surface area contributed by atoms with E-state index in [1.54, 1.807) is 6.92 Å². The molecule has 1 rings (SSSR count). The van der Waals surface area contributed by atoms with Crippen molar-refractivity contribution in [1.82, 2.24) is 9.97 Å². The van der Waals surface area contributed by atoms with Crippen LogP contribution in [0.25, 0.3) is 0 Å². The van der Waals surface area contributed by atoms with Gasteiger partial charge in [0.05, 0.1) is 11.2 Å². The van der Waals surface area contributed by atoms with E-state index in [-0.39, 0.29) is 33.5 Å². The molecule has 0 fully saturated rings. The Morgan fingerprint density at radius 2 is 2.00 bits per heavy atom. The van der Waals surface area contributed by atoms with Crippen molar-refractivity contribution in [3.05, 3.63) is 23.0 Å². The minimum absolute atomic E-state index is 0.0592. The first kappa shape index (κ1) is 21.4. The fraction of sp³-hybridized carbons (Fsp3) is 0.438. The molecule has 9 nitrogen and oxygen atoms in total. The van der Waals surface area contributed by atoms with E-state index >= 15 is 0 Å². The molecular weight excluding hydrogens is 354 g/mol. The van der Waals surface area contributed by atoms with Gasteiger partial charge in [-0.3, -0.25) is 9.59 Å². The van der Waals surface area contributed by atoms with Gasteiger partial charge in [0.1, 0.15) is 11.9 Å². The number of carbonyl (C=O) groups excluding carboxylic acids is 2. The Morgan fingerprint density at radius 1 is 1.38 bits per heavy atom. The lowest BCUT2D eigenvalue weighted by Gasteiger charge is -2.25. The van der Waals surface area contributed by atoms with Crippen LogP contribution in [0.1, 0.15) is 44.6 Å². The summed E-state index contributed by atoms with van der Waals surface area (Å²) >= 11 is 4.18. The lowest BCUT2D eigenvalue weighted by molar-refractivity contribution is -0.119. The second-order valence-corrected chi connectivity index (χ2v) is 7.50. The third-order valence-electron chi connectivity index (χ3n) is 3.09. The first-order valence-corrected chi connectivity index (χ1v) is 8.29. The van der Waals surface area contributed by atoms with E-state index in [1.165, 1.54) is 12.3 Å². The highest BCUT2D eigenvalue weighted by atomic mass is 32.1. The molecule has 0 radical (unpaired) electrons. The molecule has 0 aliphatic carbocycles. The van der Waals surface area contributed by atoms with Gasteiger partial charge in [0, 0.05) is 5.71 Å². The molecule has 2 amide bonds. The molecule has 0 saturated carbocycles. The summed E-state index contributed by atoms with van der Waals surface area (Å²) in [5, 5.41) is 13.4. The molecule has 0 saturated heterocycles. The van der Waals surface area contributed by atoms with Crippen LogP contribution in [0.15, 0.2) is 17.3 Å². The molecule has 1 atom stereocenters. The fourth-order valence-electron chi connectivity index (χ4n) is 2.10. The number of allylic oxidation sites excluding steroid dienone is 1. The van der Waals surface area contributed by atoms with E-state index < -0.39 is 17.9 Å². The van der Waals surface area contributed by atoms with Crippen molar-refractivity contribution in [2.45, 2.75) is 40.2 Å². The standard InChI is InChI=1S/C16H25N7O2S/c1-8(17)5-11(26)23-15-12(14(19)25)20-7-10(22-15)21-9(13(18)24)6-16(2,3)4/h5,7,9,17,26H,6H2,1-4H3,(H2,18,24)(H2,19,25)(H2,21,22,23)/b11-5-,17-8?/t9-/m1/s1. The van der Waals surface area contributed by atoms with E-state index in [0.717, 1.165) is 0 Å². The Kier molecular flexibility index (Phi) is 7.13. The molecule has 0 aliphatic heterocycles. The van der Waals surface area contributed by atoms with E-state index in [1.807, 2.05) is 20.8 Å². The van der Waals surface area contributed by atoms with Gasteiger partial charge >= 0.3 is 0 Å². The van der Waals surface area contributed by atoms with Crippen LogP contribution in [0.4, 0.5) is 11.6 Å². The van der Waals surface area contributed by atoms with Crippen molar-refractivity contribution in [1.29, 1.82) is 5.41 Å². The number of nitrogens with one attached hydrogen (secondary N) is 3. The predicted molar refractivity (Wildman–Crippen MR) is 105 cm³/mol. The lowest BCUT2D eigenvalue weighted by atomic mass is 9.88. The summed E-state index contributed by atoms with van der Waals surface area (Å²) in [7, 11) is 0. The molecule has 0 spiro atoms. The highest BCUT2D eigenvalue weighted by Gasteiger charge is 2.24. The summed E-state index contributed by atoms with van der Waals surface area (Å²) in [4.78, 5) is 31.5. The SMILES string of the molecule is CC(=N)/C=C(\S)Nc1nc(N[C@H](CC(C)(C)C)C(N)=O)cnc1C(N)=O. The quantitative estimate of drug-likeness (QED) is 0.296. The summed E-state index contributed by atoms with van der Waals surface area (Å²) in [6, 6.07) is -0.661. The summed E-state index contributed by atoms with van der Waals surface area (Å²) in [5.74, 6) is -0.993. The molecule has 0 aromatic carbocycles. The highest BCUT2D eigenvalue weighted by molar-refractivity contribution is 7.84. The van der Waals surface area contributed by atoms with Crippen LogP contribution in [-0.4, -0.2) is 33.5 Å². The number of aromatic nitrogens is 2. The van der Waals surface area contributed by atoms with Gasteiger partial charge in [-0.15, -0.1) is 12.6 Å². The molecule has 142 valence electrons. The highest BCUT2D eigenvalue weighted by Crippen LogP contribution is 2.23. The predicted octanol–water partition coefficient (Wildman–Crippen LogP) is 1.50. The van der Waals surface area contributed by atoms with Gasteiger partial charge in [0.25, 0.3) is 5.91 Å². The molecular formula is C16H25N7O2S. The van der Waals surface area contributed by atoms with Gasteiger partial charge in [0.2, 0.25) is 5.91 Å². The zero-order chi connectivity index (χ0) is 20.1. The van der Waals surface area contributed by atoms with Crippen LogP contribution in [0, 0.1) is 10.8 Å². The molecule has 10 heteroatoms. The number of hydrogen-bond acceptors (Lipinski definition) is 8. The molecule has 7 N–H and O–H groups in total. The summed E-state index contributed by atoms with van der Waals surface area (Å²) in [5.41, 5.74) is 10.8. The maximum Gasteiger partial charge on any atom is 0.271 e. The molecule has 1 aromatic heterocycles. The van der Waals surface area contributed by atoms with E-state index in [0.29, 0.717) is 6.42 Å². The summed E-state index contributed by atoms with van der Waals surface area (Å²) < 4.78 is 0. The van der Waals surface area contributed by atoms with Gasteiger partial charge in [-0.1, -0.05) is 20.8 Å². The Labute approximate surface area is 158 Å². The Balaban J connectivity index is 3.17. The number of primary amides is 2. The van der Waals surface area contributed by atoms with Crippen LogP contribution < -0.4 is 22.1 Å². The molecule has 0 aliphatic rings. The van der Waals surface area contributed by atoms with E-state index in [4.69, 9.17) is 16.9 Å². The van der Waals surface area contributed by atoms with Gasteiger partial charge in [-0.25, -0.2) is 9.97 Å². The smallest absolute Gasteiger partial charge is 0.271 e. The molecule has 0 bridgehead atoms. The number of thiol groups is 1. The van der Waals surface area contributed by atoms with E-state index in [9.17, 15) is 9.59 Å². The number of nitrogens with zero attached hydrogens (tertiary/aromatic N) is 2. The summed E-state index contributed by atoms with van der Waals surface area (Å²) in [6.07, 6.45) is 3.21. The third kappa shape index (κ3) is 7.09. The van der Waals surface area contributed by atoms with Crippen molar-refractivity contribution in [2.75, 3.05) is 10.6 Å². The average molecular weight is 379 g/mol. The van der Waals surface area contributed by atoms with Crippen LogP contribution in [0.2, 0.25) is 0 Å². The molecule has 1 heterocycles. The lowest BCUT2D eigenvalue weighted by Crippen LogP contribution is -2.38. The second kappa shape index (κ2) is 8.65. The van der Waals surface area contributed by atoms with Crippen molar-refractivity contribution < 1.29 is 9.59 Å². The van der Waals surface area contributed by atoms with Crippen LogP contribution in [-0.2, 0) is 4.79 Å². The van der Waals surface area contributed by atoms with Gasteiger partial charge in [0.15, 0.2) is 11.5 Å². The number of carbonyl (C=O) groups is 2. The monoisotopic (exact) mass is 379 g/mol. The first-order chi connectivity index (χ1) is 11.9. The van der Waals surface area contributed by atoms with Gasteiger partial charge in [-0.05, 0) is 24.8 Å². The Bertz CT molecular complexity index is 741. The van der Waals surface area contributed by atoms with Gasteiger partial charge < -0.3 is 27.5 Å². The fourth-order valence-corrected chi connectivity index (χ4v) is 2.40. The zero-order valence-corrected chi connectivity index (χ0v) is 16.1. The molecule has 26 heavy (non-hydrogen) atoms. The Hall–Kier alpha value is -2.62. The molecule has 0 unspecified atom stereocenters. The van der Waals surface area contributed by atoms with Crippen LogP contribution >= 0.6 is 12.6 Å². The number of nitrogens with two attached hydrogens (primary N) is 2. The van der Waals surface area contributed by atoms with Crippen molar-refractivity contribution in [2.24, 2.45) is 16.9 Å². The second-order valence-electron chi connectivity index (χ2n) is 7.02. The number of rotatable bonds is 8. The van der Waals surface area contributed by atoms with Crippen molar-refractivity contribution in [3.8, 4) is 0 Å². The number of hydrogen-bond donors (Lipinski definition) is 6. The summed E-state index contributed by atoms with van der Waals surface area (Å²) in [6.45, 7) is 7.52. The maximum atomic E-state index is 11.7. The van der Waals surface area contributed by atoms with Crippen molar-refractivity contribution in [3.63, 3.8) is 0 Å². The number of anilines is 2. The third-order valence-corrected chi connectivity index (χ3v) is 3.33. The van der Waals surface area contributed by atoms with Gasteiger partial charge in [-0.2, -0.15) is 0 Å². The zero-order valence-electron chi connectivity index (χ0n) is 15.3. The van der Waals surface area contributed by atoms with Crippen LogP contribution in [0.3, 0.4) is 0 Å². The minimum atomic E-state index is -0.777. The molecule has 1 aromatic rings. The largest absolute Gasteiger partial charge is 0.368 e.